The van der Waals surface area contributed by atoms with Crippen LogP contribution >= 0.6 is 0 Å². The summed E-state index contributed by atoms with van der Waals surface area (Å²) in [5, 5.41) is 23.0. The molecule has 1 aliphatic carbocycles. The van der Waals surface area contributed by atoms with Gasteiger partial charge >= 0.3 is 0 Å². The molecule has 0 unspecified atom stereocenters. The molecule has 2 N–H and O–H groups in total. The predicted octanol–water partition coefficient (Wildman–Crippen LogP) is 11.5. The molecule has 8 aromatic rings. The highest BCUT2D eigenvalue weighted by molar-refractivity contribution is 6.52. The van der Waals surface area contributed by atoms with Gasteiger partial charge in [0.2, 0.25) is 0 Å². The third kappa shape index (κ3) is 5.07. The Labute approximate surface area is 283 Å². The Bertz CT molecular complexity index is 2640. The van der Waals surface area contributed by atoms with Crippen molar-refractivity contribution in [3.8, 4) is 22.3 Å². The van der Waals surface area contributed by atoms with Crippen LogP contribution in [0.15, 0.2) is 175 Å². The van der Waals surface area contributed by atoms with E-state index in [0.29, 0.717) is 11.4 Å². The normalized spacial score (nSPS) is 13.8. The van der Waals surface area contributed by atoms with Crippen LogP contribution in [-0.2, 0) is 0 Å². The first-order valence-electron chi connectivity index (χ1n) is 16.4. The van der Waals surface area contributed by atoms with Crippen LogP contribution in [0, 0.1) is 5.41 Å². The van der Waals surface area contributed by atoms with Crippen LogP contribution in [0.4, 0.5) is 5.69 Å². The summed E-state index contributed by atoms with van der Waals surface area (Å²) >= 11 is 0. The van der Waals surface area contributed by atoms with Gasteiger partial charge in [0.15, 0.2) is 0 Å². The van der Waals surface area contributed by atoms with Crippen molar-refractivity contribution in [1.82, 2.24) is 4.98 Å². The molecule has 1 aromatic heterocycles. The van der Waals surface area contributed by atoms with Gasteiger partial charge in [-0.2, -0.15) is 5.10 Å². The van der Waals surface area contributed by atoms with E-state index in [-0.39, 0.29) is 0 Å². The molecule has 7 aromatic carbocycles. The van der Waals surface area contributed by atoms with Crippen LogP contribution in [0.3, 0.4) is 0 Å². The minimum Gasteiger partial charge on any atom is -0.299 e. The third-order valence-electron chi connectivity index (χ3n) is 9.42. The van der Waals surface area contributed by atoms with Crippen molar-refractivity contribution in [3.63, 3.8) is 0 Å². The molecule has 1 aliphatic rings. The number of hydrazone groups is 1. The van der Waals surface area contributed by atoms with Crippen molar-refractivity contribution in [2.45, 2.75) is 0 Å². The number of rotatable bonds is 5. The van der Waals surface area contributed by atoms with E-state index in [0.717, 1.165) is 44.1 Å². The molecule has 0 saturated carbocycles. The number of fused-ring (bicyclic) bond motifs is 4. The van der Waals surface area contributed by atoms with Crippen molar-refractivity contribution in [2.24, 2.45) is 5.10 Å². The molecule has 0 radical (unpaired) electrons. The van der Waals surface area contributed by atoms with Gasteiger partial charge in [-0.05, 0) is 95.9 Å². The van der Waals surface area contributed by atoms with Gasteiger partial charge < -0.3 is 0 Å². The van der Waals surface area contributed by atoms with E-state index >= 15 is 0 Å². The lowest BCUT2D eigenvalue weighted by Crippen LogP contribution is -2.13. The molecule has 0 spiro atoms. The second-order valence-electron chi connectivity index (χ2n) is 12.3. The van der Waals surface area contributed by atoms with Gasteiger partial charge in [-0.15, -0.1) is 0 Å². The predicted molar refractivity (Wildman–Crippen MR) is 207 cm³/mol. The first kappa shape index (κ1) is 28.6. The minimum atomic E-state index is 0.357. The SMILES string of the molecule is N=C1C=C(c2c3ccccc3c(-c3ccc4ccccc4c3)c3ccccc23)C=C/C1=N/Nc1ccc(-c2cncc3ccccc23)cc1. The standard InChI is InChI=1S/C45H30N4/c46-42-26-33(21-24-43(42)49-48-35-22-19-30(20-23-35)41-28-47-27-34-11-3-4-12-36(34)41)45-39-15-7-5-13-37(39)44(38-14-6-8-16-40(38)45)32-18-17-29-9-1-2-10-31(29)25-32/h1-28,46,48H/b46-42?,49-43-. The third-order valence-corrected chi connectivity index (χ3v) is 9.42. The summed E-state index contributed by atoms with van der Waals surface area (Å²) < 4.78 is 0. The summed E-state index contributed by atoms with van der Waals surface area (Å²) in [6, 6.07) is 48.9. The fraction of sp³-hybridized carbons (Fsp3) is 0. The van der Waals surface area contributed by atoms with Gasteiger partial charge in [0.1, 0.15) is 5.71 Å². The average molecular weight is 627 g/mol. The van der Waals surface area contributed by atoms with Crippen LogP contribution in [0.2, 0.25) is 0 Å². The smallest absolute Gasteiger partial charge is 0.108 e. The zero-order valence-electron chi connectivity index (χ0n) is 26.6. The second kappa shape index (κ2) is 11.9. The Hall–Kier alpha value is -6.65. The Kier molecular flexibility index (Phi) is 6.91. The lowest BCUT2D eigenvalue weighted by atomic mass is 9.84. The molecule has 0 aliphatic heterocycles. The Morgan fingerprint density at radius 3 is 1.80 bits per heavy atom. The number of anilines is 1. The van der Waals surface area contributed by atoms with Crippen molar-refractivity contribution < 1.29 is 0 Å². The lowest BCUT2D eigenvalue weighted by molar-refractivity contribution is 1.34. The molecule has 0 bridgehead atoms. The number of hydrogen-bond acceptors (Lipinski definition) is 4. The average Bonchev–Trinajstić information content (AvgIpc) is 3.16. The molecule has 0 saturated heterocycles. The van der Waals surface area contributed by atoms with Crippen LogP contribution in [0.25, 0.3) is 70.9 Å². The highest BCUT2D eigenvalue weighted by Crippen LogP contribution is 2.43. The maximum absolute atomic E-state index is 8.98. The monoisotopic (exact) mass is 626 g/mol. The maximum atomic E-state index is 8.98. The van der Waals surface area contributed by atoms with Gasteiger partial charge in [-0.3, -0.25) is 15.8 Å². The molecule has 1 heterocycles. The van der Waals surface area contributed by atoms with Gasteiger partial charge in [0.05, 0.1) is 11.4 Å². The number of hydrogen-bond donors (Lipinski definition) is 2. The molecule has 49 heavy (non-hydrogen) atoms. The number of benzene rings is 7. The molecule has 0 fully saturated rings. The molecule has 230 valence electrons. The Balaban J connectivity index is 1.05. The van der Waals surface area contributed by atoms with Crippen LogP contribution < -0.4 is 5.43 Å². The molecular formula is C45H30N4. The van der Waals surface area contributed by atoms with Gasteiger partial charge in [0.25, 0.3) is 0 Å². The van der Waals surface area contributed by atoms with Crippen LogP contribution in [0.5, 0.6) is 0 Å². The first-order valence-corrected chi connectivity index (χ1v) is 16.4. The van der Waals surface area contributed by atoms with Crippen molar-refractivity contribution in [1.29, 1.82) is 5.41 Å². The number of nitrogens with zero attached hydrogens (tertiary/aromatic N) is 2. The number of aromatic nitrogens is 1. The number of allylic oxidation sites excluding steroid dienone is 4. The highest BCUT2D eigenvalue weighted by Gasteiger charge is 2.19. The van der Waals surface area contributed by atoms with Crippen LogP contribution in [-0.4, -0.2) is 16.4 Å². The summed E-state index contributed by atoms with van der Waals surface area (Å²) in [5.74, 6) is 0. The fourth-order valence-corrected chi connectivity index (χ4v) is 7.08. The van der Waals surface area contributed by atoms with Crippen LogP contribution in [0.1, 0.15) is 5.56 Å². The molecule has 9 rings (SSSR count). The van der Waals surface area contributed by atoms with E-state index in [4.69, 9.17) is 5.41 Å². The van der Waals surface area contributed by atoms with Gasteiger partial charge in [-0.25, -0.2) is 0 Å². The van der Waals surface area contributed by atoms with E-state index < -0.39 is 0 Å². The zero-order valence-corrected chi connectivity index (χ0v) is 26.6. The molecular weight excluding hydrogens is 597 g/mol. The maximum Gasteiger partial charge on any atom is 0.108 e. The lowest BCUT2D eigenvalue weighted by Gasteiger charge is -2.19. The fourth-order valence-electron chi connectivity index (χ4n) is 7.08. The largest absolute Gasteiger partial charge is 0.299 e. The summed E-state index contributed by atoms with van der Waals surface area (Å²) in [7, 11) is 0. The Morgan fingerprint density at radius 1 is 0.510 bits per heavy atom. The van der Waals surface area contributed by atoms with Crippen molar-refractivity contribution in [3.05, 3.63) is 176 Å². The number of nitrogens with one attached hydrogen (secondary N) is 2. The summed E-state index contributed by atoms with van der Waals surface area (Å²) in [6.45, 7) is 0. The summed E-state index contributed by atoms with van der Waals surface area (Å²) in [4.78, 5) is 4.43. The van der Waals surface area contributed by atoms with Crippen molar-refractivity contribution >= 4 is 65.8 Å². The van der Waals surface area contributed by atoms with E-state index in [1.54, 1.807) is 0 Å². The first-order chi connectivity index (χ1) is 24.2. The van der Waals surface area contributed by atoms with E-state index in [1.165, 1.54) is 38.1 Å². The van der Waals surface area contributed by atoms with Crippen molar-refractivity contribution in [2.75, 3.05) is 5.43 Å². The topological polar surface area (TPSA) is 61.1 Å². The van der Waals surface area contributed by atoms with E-state index in [1.807, 2.05) is 42.7 Å². The minimum absolute atomic E-state index is 0.357. The molecule has 0 amide bonds. The van der Waals surface area contributed by atoms with Gasteiger partial charge in [-0.1, -0.05) is 127 Å². The van der Waals surface area contributed by atoms with E-state index in [9.17, 15) is 0 Å². The highest BCUT2D eigenvalue weighted by atomic mass is 15.3. The zero-order chi connectivity index (χ0) is 32.7. The Morgan fingerprint density at radius 2 is 1.10 bits per heavy atom. The summed E-state index contributed by atoms with van der Waals surface area (Å²) in [6.07, 6.45) is 9.75. The molecule has 4 nitrogen and oxygen atoms in total. The molecule has 0 atom stereocenters. The molecule has 4 heteroatoms. The number of pyridine rings is 1. The van der Waals surface area contributed by atoms with Gasteiger partial charge in [0, 0.05) is 23.3 Å². The van der Waals surface area contributed by atoms with E-state index in [2.05, 4.69) is 143 Å². The quantitative estimate of drug-likeness (QED) is 0.113. The second-order valence-corrected chi connectivity index (χ2v) is 12.3. The summed E-state index contributed by atoms with van der Waals surface area (Å²) in [5.41, 5.74) is 11.7.